The van der Waals surface area contributed by atoms with Crippen LogP contribution in [-0.2, 0) is 9.47 Å². The lowest BCUT2D eigenvalue weighted by atomic mass is 10.4. The van der Waals surface area contributed by atoms with Crippen molar-refractivity contribution in [2.24, 2.45) is 0 Å². The van der Waals surface area contributed by atoms with E-state index >= 15 is 0 Å². The summed E-state index contributed by atoms with van der Waals surface area (Å²) in [5.74, 6) is 0. The van der Waals surface area contributed by atoms with Crippen LogP contribution in [0.15, 0.2) is 0 Å². The number of rotatable bonds is 5. The molecule has 0 saturated heterocycles. The van der Waals surface area contributed by atoms with Crippen molar-refractivity contribution >= 4 is 22.1 Å². The van der Waals surface area contributed by atoms with Crippen molar-refractivity contribution in [3.63, 3.8) is 0 Å². The van der Waals surface area contributed by atoms with E-state index in [0.717, 1.165) is 12.8 Å². The summed E-state index contributed by atoms with van der Waals surface area (Å²) in [4.78, 5) is 11.0. The summed E-state index contributed by atoms with van der Waals surface area (Å²) in [7, 11) is 0. The van der Waals surface area contributed by atoms with Gasteiger partial charge in [0.25, 0.3) is 0 Å². The molecule has 0 aliphatic rings. The summed E-state index contributed by atoms with van der Waals surface area (Å²) in [6.45, 7) is 4.75. The maximum atomic E-state index is 10.8. The molecule has 0 radical (unpaired) electrons. The standard InChI is InChI=1S/C8H15BrO3/c1-3-5-11-8(10)12-6-7(9)4-2/h7H,3-6H2,1-2H3. The largest absolute Gasteiger partial charge is 0.508 e. The molecule has 3 nitrogen and oxygen atoms in total. The molecule has 0 aromatic rings. The molecular formula is C8H15BrO3. The van der Waals surface area contributed by atoms with Gasteiger partial charge in [-0.15, -0.1) is 0 Å². The van der Waals surface area contributed by atoms with Crippen LogP contribution in [0, 0.1) is 0 Å². The molecule has 0 aromatic carbocycles. The van der Waals surface area contributed by atoms with Gasteiger partial charge in [-0.05, 0) is 12.8 Å². The molecule has 0 rings (SSSR count). The average Bonchev–Trinajstić information content (AvgIpc) is 2.10. The van der Waals surface area contributed by atoms with Crippen LogP contribution in [0.1, 0.15) is 26.7 Å². The number of hydrogen-bond donors (Lipinski definition) is 0. The van der Waals surface area contributed by atoms with Gasteiger partial charge in [-0.25, -0.2) is 4.79 Å². The Hall–Kier alpha value is -0.250. The minimum absolute atomic E-state index is 0.228. The Morgan fingerprint density at radius 3 is 2.58 bits per heavy atom. The van der Waals surface area contributed by atoms with Gasteiger partial charge in [-0.2, -0.15) is 0 Å². The van der Waals surface area contributed by atoms with Crippen molar-refractivity contribution in [2.45, 2.75) is 31.5 Å². The van der Waals surface area contributed by atoms with Crippen LogP contribution < -0.4 is 0 Å². The van der Waals surface area contributed by atoms with Gasteiger partial charge in [0.05, 0.1) is 6.61 Å². The topological polar surface area (TPSA) is 35.5 Å². The van der Waals surface area contributed by atoms with Crippen LogP contribution >= 0.6 is 15.9 Å². The molecule has 0 saturated carbocycles. The molecule has 0 spiro atoms. The maximum Gasteiger partial charge on any atom is 0.508 e. The highest BCUT2D eigenvalue weighted by Crippen LogP contribution is 2.04. The Morgan fingerprint density at radius 2 is 2.08 bits per heavy atom. The quantitative estimate of drug-likeness (QED) is 0.546. The monoisotopic (exact) mass is 238 g/mol. The molecule has 0 bridgehead atoms. The van der Waals surface area contributed by atoms with Gasteiger partial charge < -0.3 is 9.47 Å². The van der Waals surface area contributed by atoms with E-state index in [1.165, 1.54) is 0 Å². The van der Waals surface area contributed by atoms with Gasteiger partial charge in [0.15, 0.2) is 0 Å². The smallest absolute Gasteiger partial charge is 0.434 e. The third kappa shape index (κ3) is 6.46. The molecule has 4 heteroatoms. The van der Waals surface area contributed by atoms with E-state index in [2.05, 4.69) is 15.9 Å². The molecule has 72 valence electrons. The van der Waals surface area contributed by atoms with Crippen molar-refractivity contribution < 1.29 is 14.3 Å². The second kappa shape index (κ2) is 7.40. The SMILES string of the molecule is CCCOC(=O)OCC(Br)CC. The Morgan fingerprint density at radius 1 is 1.42 bits per heavy atom. The molecular weight excluding hydrogens is 224 g/mol. The summed E-state index contributed by atoms with van der Waals surface area (Å²) < 4.78 is 9.49. The van der Waals surface area contributed by atoms with Crippen LogP contribution in [0.5, 0.6) is 0 Å². The lowest BCUT2D eigenvalue weighted by Gasteiger charge is -2.07. The van der Waals surface area contributed by atoms with Crippen molar-refractivity contribution in [3.8, 4) is 0 Å². The molecule has 0 fully saturated rings. The molecule has 0 aromatic heterocycles. The average molecular weight is 239 g/mol. The summed E-state index contributed by atoms with van der Waals surface area (Å²) >= 11 is 3.34. The zero-order valence-electron chi connectivity index (χ0n) is 7.51. The zero-order valence-corrected chi connectivity index (χ0v) is 9.09. The summed E-state index contributed by atoms with van der Waals surface area (Å²) in [6.07, 6.45) is 1.18. The molecule has 1 atom stereocenters. The fourth-order valence-electron chi connectivity index (χ4n) is 0.503. The Balaban J connectivity index is 3.31. The second-order valence-corrected chi connectivity index (χ2v) is 3.71. The first-order valence-corrected chi connectivity index (χ1v) is 5.05. The molecule has 0 aliphatic heterocycles. The highest BCUT2D eigenvalue weighted by atomic mass is 79.9. The Bertz CT molecular complexity index is 127. The van der Waals surface area contributed by atoms with E-state index in [1.54, 1.807) is 0 Å². The number of carbonyl (C=O) groups excluding carboxylic acids is 1. The summed E-state index contributed by atoms with van der Waals surface area (Å²) in [5, 5.41) is 0. The van der Waals surface area contributed by atoms with Crippen molar-refractivity contribution in [1.82, 2.24) is 0 Å². The normalized spacial score (nSPS) is 12.2. The first-order valence-electron chi connectivity index (χ1n) is 4.14. The lowest BCUT2D eigenvalue weighted by molar-refractivity contribution is 0.0558. The Kier molecular flexibility index (Phi) is 7.25. The first-order chi connectivity index (χ1) is 5.70. The highest BCUT2D eigenvalue weighted by molar-refractivity contribution is 9.09. The fraction of sp³-hybridized carbons (Fsp3) is 0.875. The van der Waals surface area contributed by atoms with E-state index < -0.39 is 6.16 Å². The third-order valence-electron chi connectivity index (χ3n) is 1.25. The van der Waals surface area contributed by atoms with E-state index in [9.17, 15) is 4.79 Å². The van der Waals surface area contributed by atoms with E-state index in [-0.39, 0.29) is 4.83 Å². The van der Waals surface area contributed by atoms with Gasteiger partial charge in [0.1, 0.15) is 6.61 Å². The van der Waals surface area contributed by atoms with Crippen LogP contribution in [0.4, 0.5) is 4.79 Å². The summed E-state index contributed by atoms with van der Waals surface area (Å²) in [5.41, 5.74) is 0. The van der Waals surface area contributed by atoms with E-state index in [0.29, 0.717) is 13.2 Å². The van der Waals surface area contributed by atoms with Crippen LogP contribution in [-0.4, -0.2) is 24.2 Å². The van der Waals surface area contributed by atoms with Crippen LogP contribution in [0.25, 0.3) is 0 Å². The van der Waals surface area contributed by atoms with E-state index in [1.807, 2.05) is 13.8 Å². The molecule has 0 heterocycles. The highest BCUT2D eigenvalue weighted by Gasteiger charge is 2.06. The second-order valence-electron chi connectivity index (χ2n) is 2.41. The van der Waals surface area contributed by atoms with Gasteiger partial charge in [-0.3, -0.25) is 0 Å². The zero-order chi connectivity index (χ0) is 9.40. The Labute approximate surface area is 81.6 Å². The third-order valence-corrected chi connectivity index (χ3v) is 2.16. The number of carbonyl (C=O) groups is 1. The summed E-state index contributed by atoms with van der Waals surface area (Å²) in [6, 6.07) is 0. The minimum Gasteiger partial charge on any atom is -0.434 e. The maximum absolute atomic E-state index is 10.8. The number of alkyl halides is 1. The predicted octanol–water partition coefficient (Wildman–Crippen LogP) is 2.72. The first kappa shape index (κ1) is 11.8. The minimum atomic E-state index is -0.574. The molecule has 1 unspecified atom stereocenters. The fourth-order valence-corrected chi connectivity index (χ4v) is 0.636. The van der Waals surface area contributed by atoms with Gasteiger partial charge in [0, 0.05) is 4.83 Å². The van der Waals surface area contributed by atoms with Crippen molar-refractivity contribution in [1.29, 1.82) is 0 Å². The number of hydrogen-bond acceptors (Lipinski definition) is 3. The molecule has 0 N–H and O–H groups in total. The number of halogens is 1. The number of ether oxygens (including phenoxy) is 2. The predicted molar refractivity (Wildman–Crippen MR) is 50.6 cm³/mol. The lowest BCUT2D eigenvalue weighted by Crippen LogP contribution is -2.14. The molecule has 0 aliphatic carbocycles. The molecule has 0 amide bonds. The van der Waals surface area contributed by atoms with Gasteiger partial charge in [0.2, 0.25) is 0 Å². The van der Waals surface area contributed by atoms with Crippen molar-refractivity contribution in [2.75, 3.05) is 13.2 Å². The van der Waals surface area contributed by atoms with Crippen LogP contribution in [0.2, 0.25) is 0 Å². The van der Waals surface area contributed by atoms with Gasteiger partial charge >= 0.3 is 6.16 Å². The van der Waals surface area contributed by atoms with Crippen molar-refractivity contribution in [3.05, 3.63) is 0 Å². The van der Waals surface area contributed by atoms with Gasteiger partial charge in [-0.1, -0.05) is 29.8 Å². The molecule has 12 heavy (non-hydrogen) atoms. The van der Waals surface area contributed by atoms with Crippen LogP contribution in [0.3, 0.4) is 0 Å². The van der Waals surface area contributed by atoms with E-state index in [4.69, 9.17) is 9.47 Å².